The Labute approximate surface area is 188 Å². The van der Waals surface area contributed by atoms with Crippen LogP contribution in [0, 0.1) is 5.92 Å². The van der Waals surface area contributed by atoms with E-state index in [1.807, 2.05) is 35.9 Å². The van der Waals surface area contributed by atoms with Gasteiger partial charge < -0.3 is 14.2 Å². The van der Waals surface area contributed by atoms with Crippen LogP contribution in [0.1, 0.15) is 47.6 Å². The number of piperidine rings is 1. The van der Waals surface area contributed by atoms with Crippen LogP contribution in [0.25, 0.3) is 16.7 Å². The third kappa shape index (κ3) is 3.59. The molecule has 33 heavy (non-hydrogen) atoms. The second-order valence-corrected chi connectivity index (χ2v) is 8.52. The largest absolute Gasteiger partial charge is 0.497 e. The Bertz CT molecular complexity index is 1350. The minimum atomic E-state index is -2.71. The smallest absolute Gasteiger partial charge is 0.280 e. The van der Waals surface area contributed by atoms with Crippen LogP contribution in [-0.4, -0.2) is 55.2 Å². The fourth-order valence-corrected chi connectivity index (χ4v) is 4.69. The first kappa shape index (κ1) is 21.3. The van der Waals surface area contributed by atoms with Crippen LogP contribution in [0.5, 0.6) is 5.75 Å². The summed E-state index contributed by atoms with van der Waals surface area (Å²) in [6.45, 7) is 3.06. The number of hydrogen-bond acceptors (Lipinski definition) is 5. The van der Waals surface area contributed by atoms with Gasteiger partial charge in [-0.3, -0.25) is 4.79 Å². The molecule has 1 aliphatic rings. The third-order valence-electron chi connectivity index (χ3n) is 6.62. The van der Waals surface area contributed by atoms with Crippen LogP contribution in [0.3, 0.4) is 0 Å². The van der Waals surface area contributed by atoms with E-state index in [2.05, 4.69) is 22.0 Å². The molecule has 8 nitrogen and oxygen atoms in total. The number of likely N-dealkylation sites (tertiary alicyclic amines) is 1. The molecule has 5 rings (SSSR count). The number of ether oxygens (including phenoxy) is 1. The van der Waals surface area contributed by atoms with Crippen LogP contribution in [0.2, 0.25) is 0 Å². The van der Waals surface area contributed by atoms with Gasteiger partial charge in [-0.05, 0) is 42.7 Å². The lowest BCUT2D eigenvalue weighted by Crippen LogP contribution is -2.43. The van der Waals surface area contributed by atoms with E-state index in [0.29, 0.717) is 24.5 Å². The van der Waals surface area contributed by atoms with E-state index in [1.54, 1.807) is 12.0 Å². The Balaban J connectivity index is 1.49. The van der Waals surface area contributed by atoms with E-state index in [9.17, 15) is 13.6 Å². The van der Waals surface area contributed by atoms with Crippen molar-refractivity contribution in [3.8, 4) is 5.75 Å². The lowest BCUT2D eigenvalue weighted by molar-refractivity contribution is 0.0656. The molecule has 1 saturated heterocycles. The highest BCUT2D eigenvalue weighted by Crippen LogP contribution is 2.34. The number of aromatic nitrogens is 5. The molecule has 172 valence electrons. The molecule has 0 radical (unpaired) electrons. The van der Waals surface area contributed by atoms with Crippen LogP contribution in [-0.2, 0) is 7.05 Å². The van der Waals surface area contributed by atoms with Crippen molar-refractivity contribution in [2.75, 3.05) is 20.2 Å². The van der Waals surface area contributed by atoms with Gasteiger partial charge in [-0.1, -0.05) is 6.92 Å². The lowest BCUT2D eigenvalue weighted by atomic mass is 9.84. The number of amides is 1. The molecule has 1 unspecified atom stereocenters. The van der Waals surface area contributed by atoms with E-state index in [4.69, 9.17) is 4.74 Å². The summed E-state index contributed by atoms with van der Waals surface area (Å²) in [4.78, 5) is 23.2. The Morgan fingerprint density at radius 1 is 1.24 bits per heavy atom. The van der Waals surface area contributed by atoms with Crippen molar-refractivity contribution < 1.29 is 18.3 Å². The van der Waals surface area contributed by atoms with Gasteiger partial charge in [0.2, 0.25) is 0 Å². The summed E-state index contributed by atoms with van der Waals surface area (Å²) in [5, 5.41) is 5.11. The number of methoxy groups -OCH3 is 1. The number of fused-ring (bicyclic) bond motifs is 2. The molecule has 3 aromatic heterocycles. The average molecular weight is 454 g/mol. The molecular weight excluding hydrogens is 430 g/mol. The molecule has 0 saturated carbocycles. The van der Waals surface area contributed by atoms with Crippen molar-refractivity contribution >= 4 is 22.6 Å². The van der Waals surface area contributed by atoms with Crippen molar-refractivity contribution in [1.29, 1.82) is 0 Å². The molecule has 0 spiro atoms. The van der Waals surface area contributed by atoms with Gasteiger partial charge in [0, 0.05) is 37.0 Å². The fraction of sp³-hybridized carbons (Fsp3) is 0.391. The SMILES string of the molecule is COc1ccc2c(c1)cc(C(=O)N1CCC(C)[C@H](c3cc(C(F)F)nc4ncnn34)C1)n2C. The summed E-state index contributed by atoms with van der Waals surface area (Å²) in [6.07, 6.45) is -0.660. The summed E-state index contributed by atoms with van der Waals surface area (Å²) in [5.41, 5.74) is 1.77. The molecule has 1 fully saturated rings. The van der Waals surface area contributed by atoms with Gasteiger partial charge in [0.1, 0.15) is 23.5 Å². The third-order valence-corrected chi connectivity index (χ3v) is 6.62. The standard InChI is InChI=1S/C23H24F2N6O2/c1-13-6-7-30(22(32)20-9-14-8-15(33-3)4-5-18(14)29(20)2)11-16(13)19-10-17(21(24)25)28-23-26-12-27-31(19)23/h4-5,8-10,12-13,16,21H,6-7,11H2,1-3H3/t13?,16-/m1/s1. The number of hydrogen-bond donors (Lipinski definition) is 0. The molecule has 0 aliphatic carbocycles. The zero-order chi connectivity index (χ0) is 23.3. The fourth-order valence-electron chi connectivity index (χ4n) is 4.69. The van der Waals surface area contributed by atoms with Gasteiger partial charge in [0.15, 0.2) is 0 Å². The molecule has 1 amide bonds. The van der Waals surface area contributed by atoms with Gasteiger partial charge in [0.25, 0.3) is 18.1 Å². The first-order chi connectivity index (χ1) is 15.9. The molecule has 4 heterocycles. The van der Waals surface area contributed by atoms with Crippen molar-refractivity contribution in [1.82, 2.24) is 29.0 Å². The summed E-state index contributed by atoms with van der Waals surface area (Å²) in [5.74, 6) is 0.764. The van der Waals surface area contributed by atoms with E-state index in [-0.39, 0.29) is 29.2 Å². The van der Waals surface area contributed by atoms with Crippen molar-refractivity contribution in [3.63, 3.8) is 0 Å². The average Bonchev–Trinajstić information content (AvgIpc) is 3.42. The molecule has 4 aromatic rings. The maximum Gasteiger partial charge on any atom is 0.280 e. The summed E-state index contributed by atoms with van der Waals surface area (Å²) in [7, 11) is 3.47. The molecular formula is C23H24F2N6O2. The number of alkyl halides is 2. The highest BCUT2D eigenvalue weighted by atomic mass is 19.3. The Morgan fingerprint density at radius 2 is 2.06 bits per heavy atom. The van der Waals surface area contributed by atoms with E-state index in [0.717, 1.165) is 23.1 Å². The van der Waals surface area contributed by atoms with Crippen molar-refractivity contribution in [2.45, 2.75) is 25.7 Å². The second kappa shape index (κ2) is 8.09. The second-order valence-electron chi connectivity index (χ2n) is 8.52. The minimum Gasteiger partial charge on any atom is -0.497 e. The Hall–Kier alpha value is -3.56. The van der Waals surface area contributed by atoms with Gasteiger partial charge in [-0.25, -0.2) is 18.3 Å². The quantitative estimate of drug-likeness (QED) is 0.468. The van der Waals surface area contributed by atoms with E-state index in [1.165, 1.54) is 16.9 Å². The number of nitrogens with zero attached hydrogens (tertiary/aromatic N) is 6. The summed E-state index contributed by atoms with van der Waals surface area (Å²) in [6, 6.07) is 8.95. The number of aryl methyl sites for hydroxylation is 1. The molecule has 0 N–H and O–H groups in total. The predicted octanol–water partition coefficient (Wildman–Crippen LogP) is 3.83. The number of benzene rings is 1. The zero-order valence-electron chi connectivity index (χ0n) is 18.6. The van der Waals surface area contributed by atoms with Gasteiger partial charge in [-0.15, -0.1) is 0 Å². The molecule has 1 aliphatic heterocycles. The van der Waals surface area contributed by atoms with Crippen LogP contribution >= 0.6 is 0 Å². The normalized spacial score (nSPS) is 19.0. The molecule has 10 heteroatoms. The lowest BCUT2D eigenvalue weighted by Gasteiger charge is -2.37. The van der Waals surface area contributed by atoms with Gasteiger partial charge in [0.05, 0.1) is 12.8 Å². The van der Waals surface area contributed by atoms with E-state index >= 15 is 0 Å². The first-order valence-electron chi connectivity index (χ1n) is 10.8. The number of rotatable bonds is 4. The molecule has 0 bridgehead atoms. The van der Waals surface area contributed by atoms with Crippen LogP contribution in [0.4, 0.5) is 8.78 Å². The first-order valence-corrected chi connectivity index (χ1v) is 10.8. The highest BCUT2D eigenvalue weighted by Gasteiger charge is 2.34. The van der Waals surface area contributed by atoms with Gasteiger partial charge >= 0.3 is 0 Å². The Kier molecular flexibility index (Phi) is 5.22. The minimum absolute atomic E-state index is 0.0949. The predicted molar refractivity (Wildman–Crippen MR) is 118 cm³/mol. The topological polar surface area (TPSA) is 77.6 Å². The molecule has 2 atom stereocenters. The maximum atomic E-state index is 13.5. The van der Waals surface area contributed by atoms with Crippen molar-refractivity contribution in [2.24, 2.45) is 13.0 Å². The van der Waals surface area contributed by atoms with Crippen molar-refractivity contribution in [3.05, 3.63) is 53.7 Å². The number of carbonyl (C=O) groups excluding carboxylic acids is 1. The van der Waals surface area contributed by atoms with Gasteiger partial charge in [-0.2, -0.15) is 10.1 Å². The van der Waals surface area contributed by atoms with Crippen LogP contribution < -0.4 is 4.74 Å². The van der Waals surface area contributed by atoms with Crippen LogP contribution in [0.15, 0.2) is 36.7 Å². The molecule has 1 aromatic carbocycles. The number of carbonyl (C=O) groups is 1. The zero-order valence-corrected chi connectivity index (χ0v) is 18.6. The van der Waals surface area contributed by atoms with E-state index < -0.39 is 6.43 Å². The Morgan fingerprint density at radius 3 is 2.82 bits per heavy atom. The summed E-state index contributed by atoms with van der Waals surface area (Å²) < 4.78 is 35.6. The monoisotopic (exact) mass is 454 g/mol. The highest BCUT2D eigenvalue weighted by molar-refractivity contribution is 5.99. The maximum absolute atomic E-state index is 13.5. The summed E-state index contributed by atoms with van der Waals surface area (Å²) >= 11 is 0. The number of halogens is 2.